The molecule has 3 nitrogen and oxygen atoms in total. The molecule has 17 heavy (non-hydrogen) atoms. The van der Waals surface area contributed by atoms with Crippen LogP contribution in [0.3, 0.4) is 0 Å². The monoisotopic (exact) mass is 252 g/mol. The van der Waals surface area contributed by atoms with Gasteiger partial charge in [-0.1, -0.05) is 0 Å². The number of aliphatic carboxylic acids is 1. The maximum Gasteiger partial charge on any atom is 0.320 e. The molecule has 1 fully saturated rings. The van der Waals surface area contributed by atoms with E-state index in [1.165, 1.54) is 11.8 Å². The standard InChI is InChI=1S/C13H16O3S/c1-8-6-10(16-3)11(7-9(8)2)17-13(4-5-13)12(14)15/h6-7H,4-5H2,1-3H3,(H,14,15). The third-order valence-corrected chi connectivity index (χ3v) is 4.69. The molecule has 0 radical (unpaired) electrons. The topological polar surface area (TPSA) is 46.5 Å². The molecule has 0 amide bonds. The maximum absolute atomic E-state index is 11.2. The van der Waals surface area contributed by atoms with Crippen LogP contribution in [0, 0.1) is 13.8 Å². The quantitative estimate of drug-likeness (QED) is 0.894. The van der Waals surface area contributed by atoms with Crippen molar-refractivity contribution >= 4 is 17.7 Å². The van der Waals surface area contributed by atoms with E-state index in [2.05, 4.69) is 0 Å². The summed E-state index contributed by atoms with van der Waals surface area (Å²) in [6, 6.07) is 3.98. The van der Waals surface area contributed by atoms with E-state index in [9.17, 15) is 9.90 Å². The van der Waals surface area contributed by atoms with E-state index < -0.39 is 10.7 Å². The van der Waals surface area contributed by atoms with E-state index in [4.69, 9.17) is 4.74 Å². The van der Waals surface area contributed by atoms with E-state index in [0.29, 0.717) is 0 Å². The Kier molecular flexibility index (Phi) is 3.08. The van der Waals surface area contributed by atoms with Crippen LogP contribution in [0.5, 0.6) is 5.75 Å². The lowest BCUT2D eigenvalue weighted by Crippen LogP contribution is -2.17. The molecule has 1 aliphatic carbocycles. The molecule has 92 valence electrons. The van der Waals surface area contributed by atoms with Crippen molar-refractivity contribution in [3.63, 3.8) is 0 Å². The number of ether oxygens (including phenoxy) is 1. The van der Waals surface area contributed by atoms with Crippen molar-refractivity contribution in [2.45, 2.75) is 36.3 Å². The van der Waals surface area contributed by atoms with Gasteiger partial charge in [0.05, 0.1) is 12.0 Å². The van der Waals surface area contributed by atoms with Crippen LogP contribution in [0.2, 0.25) is 0 Å². The molecule has 0 bridgehead atoms. The van der Waals surface area contributed by atoms with Crippen LogP contribution < -0.4 is 4.74 Å². The second-order valence-electron chi connectivity index (χ2n) is 4.49. The van der Waals surface area contributed by atoms with Crippen LogP contribution in [0.1, 0.15) is 24.0 Å². The first-order chi connectivity index (χ1) is 7.98. The summed E-state index contributed by atoms with van der Waals surface area (Å²) in [7, 11) is 1.62. The molecule has 0 atom stereocenters. The van der Waals surface area contributed by atoms with Gasteiger partial charge in [-0.2, -0.15) is 0 Å². The van der Waals surface area contributed by atoms with Crippen molar-refractivity contribution < 1.29 is 14.6 Å². The molecule has 0 spiro atoms. The fourth-order valence-corrected chi connectivity index (χ4v) is 2.98. The van der Waals surface area contributed by atoms with Gasteiger partial charge >= 0.3 is 5.97 Å². The van der Waals surface area contributed by atoms with Crippen LogP contribution in [0.4, 0.5) is 0 Å². The Morgan fingerprint density at radius 2 is 1.94 bits per heavy atom. The normalized spacial score (nSPS) is 16.6. The zero-order valence-corrected chi connectivity index (χ0v) is 11.1. The Morgan fingerprint density at radius 1 is 1.35 bits per heavy atom. The van der Waals surface area contributed by atoms with Gasteiger partial charge in [-0.3, -0.25) is 4.79 Å². The number of methoxy groups -OCH3 is 1. The van der Waals surface area contributed by atoms with Crippen LogP contribution in [0.25, 0.3) is 0 Å². The van der Waals surface area contributed by atoms with Crippen LogP contribution in [-0.2, 0) is 4.79 Å². The Bertz CT molecular complexity index is 464. The molecule has 2 rings (SSSR count). The number of carbonyl (C=O) groups is 1. The Balaban J connectivity index is 2.32. The zero-order valence-electron chi connectivity index (χ0n) is 10.2. The number of hydrogen-bond donors (Lipinski definition) is 1. The largest absolute Gasteiger partial charge is 0.496 e. The average Bonchev–Trinajstić information content (AvgIpc) is 3.04. The minimum atomic E-state index is -0.720. The van der Waals surface area contributed by atoms with E-state index in [1.807, 2.05) is 26.0 Å². The zero-order chi connectivity index (χ0) is 12.6. The number of hydrogen-bond acceptors (Lipinski definition) is 3. The summed E-state index contributed by atoms with van der Waals surface area (Å²) < 4.78 is 4.70. The first-order valence-corrected chi connectivity index (χ1v) is 6.38. The highest BCUT2D eigenvalue weighted by Crippen LogP contribution is 2.54. The summed E-state index contributed by atoms with van der Waals surface area (Å²) in [5, 5.41) is 9.19. The van der Waals surface area contributed by atoms with Gasteiger partial charge in [-0.15, -0.1) is 11.8 Å². The van der Waals surface area contributed by atoms with Crippen molar-refractivity contribution in [2.75, 3.05) is 7.11 Å². The summed E-state index contributed by atoms with van der Waals surface area (Å²) in [6.45, 7) is 4.05. The number of aryl methyl sites for hydroxylation is 2. The van der Waals surface area contributed by atoms with Crippen molar-refractivity contribution in [3.8, 4) is 5.75 Å². The summed E-state index contributed by atoms with van der Waals surface area (Å²) >= 11 is 1.41. The van der Waals surface area contributed by atoms with Crippen molar-refractivity contribution in [1.82, 2.24) is 0 Å². The van der Waals surface area contributed by atoms with E-state index in [1.54, 1.807) is 7.11 Å². The molecular weight excluding hydrogens is 236 g/mol. The van der Waals surface area contributed by atoms with E-state index in [-0.39, 0.29) is 0 Å². The number of carboxylic acids is 1. The number of benzene rings is 1. The average molecular weight is 252 g/mol. The van der Waals surface area contributed by atoms with E-state index >= 15 is 0 Å². The SMILES string of the molecule is COc1cc(C)c(C)cc1SC1(C(=O)O)CC1. The first-order valence-electron chi connectivity index (χ1n) is 5.56. The van der Waals surface area contributed by atoms with Gasteiger partial charge in [0.15, 0.2) is 0 Å². The predicted octanol–water partition coefficient (Wildman–Crippen LogP) is 3.02. The molecule has 0 aromatic heterocycles. The lowest BCUT2D eigenvalue weighted by molar-refractivity contribution is -0.137. The van der Waals surface area contributed by atoms with Gasteiger partial charge in [0.2, 0.25) is 0 Å². The molecule has 0 saturated heterocycles. The van der Waals surface area contributed by atoms with Gasteiger partial charge in [-0.25, -0.2) is 0 Å². The Labute approximate surface area is 105 Å². The van der Waals surface area contributed by atoms with Crippen molar-refractivity contribution in [1.29, 1.82) is 0 Å². The van der Waals surface area contributed by atoms with Gasteiger partial charge < -0.3 is 9.84 Å². The highest BCUT2D eigenvalue weighted by molar-refractivity contribution is 8.01. The minimum absolute atomic E-state index is 0.616. The maximum atomic E-state index is 11.2. The number of rotatable bonds is 4. The van der Waals surface area contributed by atoms with Gasteiger partial charge in [-0.05, 0) is 49.9 Å². The van der Waals surface area contributed by atoms with Crippen LogP contribution in [-0.4, -0.2) is 22.9 Å². The van der Waals surface area contributed by atoms with Gasteiger partial charge in [0, 0.05) is 0 Å². The van der Waals surface area contributed by atoms with E-state index in [0.717, 1.165) is 34.6 Å². The minimum Gasteiger partial charge on any atom is -0.496 e. The Morgan fingerprint density at radius 3 is 2.41 bits per heavy atom. The van der Waals surface area contributed by atoms with Gasteiger partial charge in [0.25, 0.3) is 0 Å². The molecule has 1 N–H and O–H groups in total. The summed E-state index contributed by atoms with van der Waals surface area (Å²) in [6.07, 6.45) is 1.48. The first kappa shape index (κ1) is 12.3. The smallest absolute Gasteiger partial charge is 0.320 e. The lowest BCUT2D eigenvalue weighted by atomic mass is 10.1. The van der Waals surface area contributed by atoms with Crippen molar-refractivity contribution in [3.05, 3.63) is 23.3 Å². The molecule has 1 aliphatic rings. The van der Waals surface area contributed by atoms with Crippen LogP contribution in [0.15, 0.2) is 17.0 Å². The third kappa shape index (κ3) is 2.27. The summed E-state index contributed by atoms with van der Waals surface area (Å²) in [5.41, 5.74) is 2.32. The highest BCUT2D eigenvalue weighted by Gasteiger charge is 2.51. The molecule has 4 heteroatoms. The Hall–Kier alpha value is -1.16. The molecule has 0 aliphatic heterocycles. The molecule has 1 aromatic rings. The van der Waals surface area contributed by atoms with Crippen LogP contribution >= 0.6 is 11.8 Å². The number of carboxylic acid groups (broad SMARTS) is 1. The lowest BCUT2D eigenvalue weighted by Gasteiger charge is -2.14. The second kappa shape index (κ2) is 4.26. The molecule has 0 unspecified atom stereocenters. The third-order valence-electron chi connectivity index (χ3n) is 3.18. The molecule has 1 aromatic carbocycles. The fourth-order valence-electron chi connectivity index (χ4n) is 1.69. The molecule has 1 saturated carbocycles. The highest BCUT2D eigenvalue weighted by atomic mass is 32.2. The summed E-state index contributed by atoms with van der Waals surface area (Å²) in [5.74, 6) is 0.0495. The molecular formula is C13H16O3S. The van der Waals surface area contributed by atoms with Crippen molar-refractivity contribution in [2.24, 2.45) is 0 Å². The fraction of sp³-hybridized carbons (Fsp3) is 0.462. The predicted molar refractivity (Wildman–Crippen MR) is 67.9 cm³/mol. The number of thioether (sulfide) groups is 1. The summed E-state index contributed by atoms with van der Waals surface area (Å²) in [4.78, 5) is 12.1. The van der Waals surface area contributed by atoms with Gasteiger partial charge in [0.1, 0.15) is 10.5 Å². The molecule has 0 heterocycles. The second-order valence-corrected chi connectivity index (χ2v) is 5.91.